The van der Waals surface area contributed by atoms with Crippen LogP contribution < -0.4 is 95.0 Å². The molecule has 0 fully saturated rings. The van der Waals surface area contributed by atoms with Crippen molar-refractivity contribution < 1.29 is 0 Å². The normalized spacial score (nSPS) is 12.4. The lowest BCUT2D eigenvalue weighted by atomic mass is 9.82. The predicted molar refractivity (Wildman–Crippen MR) is 500 cm³/mol. The highest BCUT2D eigenvalue weighted by molar-refractivity contribution is 5.65. The van der Waals surface area contributed by atoms with E-state index in [9.17, 15) is 57.5 Å². The molecule has 1 N–H and O–H groups in total. The van der Waals surface area contributed by atoms with Crippen LogP contribution in [0.5, 0.6) is 0 Å². The fourth-order valence-corrected chi connectivity index (χ4v) is 14.8. The van der Waals surface area contributed by atoms with E-state index in [0.29, 0.717) is 74.0 Å². The number of anilines is 6. The standard InChI is InChI=1S/C17H30N2O2.2C16H28N2O2.2C15H26N2O2.C14H24N2O2/c1-7-9-19(10-8-2)12-11-18(6)14-13(17(3,4)5)15(20)16(14)21;1-7-9-18(8-2)11-10-17(6)13-12(16(3,4)5)14(19)15(13)20;1-6-9-18(10-7-2)11-8-17-13-12(16(3,4)5)14(19)15(13)20;1-7-8-16(5)9-10-17(6)12-11(15(2,3)4)13(18)14(12)19;1-7-17(8-2)10-9-16(6)12-11(15(3,4)5)13(18)14(12)19;1-7-15(5)8-9-16(6)11-10(14(2,3)4)12(17)13(11)18/h7-12H2,1-6H3;7-11H2,1-6H3;17H,6-11H2,1-5H3;2*7-10H2,1-6H3;7-9H2,1-6H3. The van der Waals surface area contributed by atoms with E-state index < -0.39 is 0 Å². The zero-order valence-electron chi connectivity index (χ0n) is 80.1. The topological polar surface area (TPSA) is 253 Å². The van der Waals surface area contributed by atoms with Crippen LogP contribution in [-0.4, -0.2) is 223 Å². The molecule has 0 unspecified atom stereocenters. The summed E-state index contributed by atoms with van der Waals surface area (Å²) in [7, 11) is 13.6. The van der Waals surface area contributed by atoms with Crippen LogP contribution in [0.15, 0.2) is 57.5 Å². The minimum atomic E-state index is -0.354. The molecule has 0 heterocycles. The number of nitrogens with zero attached hydrogens (tertiary/aromatic N) is 11. The van der Waals surface area contributed by atoms with Gasteiger partial charge in [0, 0.05) is 147 Å². The van der Waals surface area contributed by atoms with Crippen molar-refractivity contribution in [1.82, 2.24) is 29.4 Å². The molecule has 0 aliphatic rings. The highest BCUT2D eigenvalue weighted by Crippen LogP contribution is 2.32. The van der Waals surface area contributed by atoms with Crippen molar-refractivity contribution >= 4 is 34.1 Å². The molecule has 0 saturated carbocycles. The molecule has 0 aliphatic carbocycles. The molecule has 24 nitrogen and oxygen atoms in total. The summed E-state index contributed by atoms with van der Waals surface area (Å²) in [5, 5.41) is 3.17. The molecule has 0 aromatic heterocycles. The van der Waals surface area contributed by atoms with Crippen LogP contribution in [0.3, 0.4) is 0 Å². The van der Waals surface area contributed by atoms with E-state index in [1.165, 1.54) is 0 Å². The van der Waals surface area contributed by atoms with E-state index >= 15 is 0 Å². The Kier molecular flexibility index (Phi) is 44.2. The summed E-state index contributed by atoms with van der Waals surface area (Å²) in [6, 6.07) is 0. The first kappa shape index (κ1) is 108. The molecule has 0 atom stereocenters. The maximum absolute atomic E-state index is 11.9. The third-order valence-corrected chi connectivity index (χ3v) is 21.5. The van der Waals surface area contributed by atoms with Crippen LogP contribution in [0.2, 0.25) is 0 Å². The number of likely N-dealkylation sites (N-methyl/N-ethyl adjacent to an activating group) is 9. The van der Waals surface area contributed by atoms with E-state index in [0.717, 1.165) is 176 Å². The molecular weight excluding hydrogens is 1480 g/mol. The maximum Gasteiger partial charge on any atom is 0.249 e. The average Bonchev–Trinajstić information content (AvgIpc) is 0.780. The fraction of sp³-hybridized carbons (Fsp3) is 0.742. The SMILES string of the molecule is CCCN(C)CCN(C)c1c(C(C)(C)C)c(=O)c1=O.CCCN(CC)CCN(C)c1c(C(C)(C)C)c(=O)c1=O.CCCN(CCC)CCN(C)c1c(C(C)(C)C)c(=O)c1=O.CCCN(CCC)CCNc1c(C(C)(C)C)c(=O)c1=O.CCN(C)CCN(C)c1c(C(C)(C)C)c(=O)c1=O.CCN(CC)CCN(C)c1c(C(C)(C)C)c(=O)c1=O. The molecule has 0 amide bonds. The largest absolute Gasteiger partial charge is 0.380 e. The van der Waals surface area contributed by atoms with Gasteiger partial charge < -0.3 is 59.2 Å². The van der Waals surface area contributed by atoms with E-state index in [1.54, 1.807) is 0 Å². The lowest BCUT2D eigenvalue weighted by Crippen LogP contribution is -2.48. The average molecular weight is 1640 g/mol. The van der Waals surface area contributed by atoms with Gasteiger partial charge in [0.1, 0.15) is 0 Å². The van der Waals surface area contributed by atoms with Gasteiger partial charge in [0.2, 0.25) is 65.1 Å². The number of hydrogen-bond donors (Lipinski definition) is 1. The van der Waals surface area contributed by atoms with Gasteiger partial charge in [-0.2, -0.15) is 0 Å². The Hall–Kier alpha value is -6.96. The molecule has 0 spiro atoms. The number of rotatable bonds is 40. The van der Waals surface area contributed by atoms with Gasteiger partial charge in [-0.3, -0.25) is 57.5 Å². The first-order valence-electron chi connectivity index (χ1n) is 43.5. The van der Waals surface area contributed by atoms with Crippen molar-refractivity contribution in [2.45, 2.75) is 265 Å². The first-order chi connectivity index (χ1) is 53.9. The summed E-state index contributed by atoms with van der Waals surface area (Å²) < 4.78 is 0. The molecule has 0 bridgehead atoms. The summed E-state index contributed by atoms with van der Waals surface area (Å²) in [5.41, 5.74) is 2.27. The summed E-state index contributed by atoms with van der Waals surface area (Å²) in [4.78, 5) is 165. The maximum atomic E-state index is 11.9. The first-order valence-corrected chi connectivity index (χ1v) is 43.5. The second-order valence-corrected chi connectivity index (χ2v) is 38.2. The lowest BCUT2D eigenvalue weighted by Gasteiger charge is -2.31. The Balaban J connectivity index is 0.000000702. The number of nitrogens with one attached hydrogen (secondary N) is 1. The van der Waals surface area contributed by atoms with Crippen molar-refractivity contribution in [3.8, 4) is 0 Å². The zero-order chi connectivity index (χ0) is 90.7. The van der Waals surface area contributed by atoms with Gasteiger partial charge >= 0.3 is 0 Å². The Morgan fingerprint density at radius 2 is 0.419 bits per heavy atom. The molecule has 666 valence electrons. The quantitative estimate of drug-likeness (QED) is 0.0351. The second kappa shape index (κ2) is 47.9. The molecule has 6 aromatic rings. The van der Waals surface area contributed by atoms with Crippen molar-refractivity contribution in [2.24, 2.45) is 0 Å². The fourth-order valence-electron chi connectivity index (χ4n) is 14.8. The highest BCUT2D eigenvalue weighted by Gasteiger charge is 2.38. The van der Waals surface area contributed by atoms with Crippen molar-refractivity contribution in [2.75, 3.05) is 223 Å². The van der Waals surface area contributed by atoms with E-state index in [1.807, 2.05) is 191 Å². The highest BCUT2D eigenvalue weighted by atomic mass is 16.2. The minimum Gasteiger partial charge on any atom is -0.380 e. The number of hydrogen-bond acceptors (Lipinski definition) is 24. The van der Waals surface area contributed by atoms with Gasteiger partial charge in [0.25, 0.3) is 0 Å². The molecule has 6 rings (SSSR count). The Bertz CT molecular complexity index is 4420. The smallest absolute Gasteiger partial charge is 0.249 e. The monoisotopic (exact) mass is 1640 g/mol. The Morgan fingerprint density at radius 3 is 0.658 bits per heavy atom. The third kappa shape index (κ3) is 30.6. The van der Waals surface area contributed by atoms with Crippen LogP contribution >= 0.6 is 0 Å². The van der Waals surface area contributed by atoms with E-state index in [-0.39, 0.29) is 97.6 Å². The molecule has 0 radical (unpaired) electrons. The zero-order valence-corrected chi connectivity index (χ0v) is 80.1. The third-order valence-electron chi connectivity index (χ3n) is 21.5. The van der Waals surface area contributed by atoms with Crippen molar-refractivity contribution in [3.63, 3.8) is 0 Å². The second-order valence-electron chi connectivity index (χ2n) is 38.2. The van der Waals surface area contributed by atoms with Crippen molar-refractivity contribution in [3.05, 3.63) is 156 Å². The van der Waals surface area contributed by atoms with Gasteiger partial charge in [-0.1, -0.05) is 194 Å². The van der Waals surface area contributed by atoms with E-state index in [2.05, 4.69) is 111 Å². The molecular formula is C93H162N12O12. The van der Waals surface area contributed by atoms with Crippen LogP contribution in [0.25, 0.3) is 0 Å². The van der Waals surface area contributed by atoms with Crippen LogP contribution in [0.4, 0.5) is 34.1 Å². The van der Waals surface area contributed by atoms with Gasteiger partial charge in [0.05, 0.1) is 34.1 Å². The van der Waals surface area contributed by atoms with Gasteiger partial charge in [-0.15, -0.1) is 0 Å². The summed E-state index contributed by atoms with van der Waals surface area (Å²) in [5.74, 6) is 0. The molecule has 6 aromatic carbocycles. The van der Waals surface area contributed by atoms with Crippen LogP contribution in [-0.2, 0) is 32.5 Å². The molecule has 0 aliphatic heterocycles. The van der Waals surface area contributed by atoms with E-state index in [4.69, 9.17) is 0 Å². The molecule has 117 heavy (non-hydrogen) atoms. The molecule has 24 heteroatoms. The predicted octanol–water partition coefficient (Wildman–Crippen LogP) is 9.68. The van der Waals surface area contributed by atoms with Crippen LogP contribution in [0, 0.1) is 0 Å². The van der Waals surface area contributed by atoms with Crippen LogP contribution in [0.1, 0.15) is 266 Å². The Labute approximate surface area is 704 Å². The summed E-state index contributed by atoms with van der Waals surface area (Å²) >= 11 is 0. The van der Waals surface area contributed by atoms with Gasteiger partial charge in [0.15, 0.2) is 0 Å². The summed E-state index contributed by atoms with van der Waals surface area (Å²) in [6.07, 6.45) is 6.79. The van der Waals surface area contributed by atoms with Gasteiger partial charge in [-0.05, 0) is 151 Å². The Morgan fingerprint density at radius 1 is 0.205 bits per heavy atom. The van der Waals surface area contributed by atoms with Crippen molar-refractivity contribution in [1.29, 1.82) is 0 Å². The minimum absolute atomic E-state index is 0.259. The molecule has 0 saturated heterocycles. The van der Waals surface area contributed by atoms with Gasteiger partial charge in [-0.25, -0.2) is 0 Å². The lowest BCUT2D eigenvalue weighted by molar-refractivity contribution is 0.281. The summed E-state index contributed by atoms with van der Waals surface area (Å²) in [6.45, 7) is 77.6.